The van der Waals surface area contributed by atoms with Gasteiger partial charge >= 0.3 is 0 Å². The minimum absolute atomic E-state index is 0.00994. The Balaban J connectivity index is 2.32. The van der Waals surface area contributed by atoms with E-state index in [9.17, 15) is 5.11 Å². The molecule has 0 saturated carbocycles. The van der Waals surface area contributed by atoms with Crippen molar-refractivity contribution in [3.63, 3.8) is 0 Å². The van der Waals surface area contributed by atoms with Gasteiger partial charge in [0.2, 0.25) is 0 Å². The average Bonchev–Trinajstić information content (AvgIpc) is 2.38. The Bertz CT molecular complexity index is 610. The molecule has 1 heterocycles. The van der Waals surface area contributed by atoms with Crippen molar-refractivity contribution in [3.8, 4) is 11.5 Å². The lowest BCUT2D eigenvalue weighted by Crippen LogP contribution is -2.12. The maximum atomic E-state index is 9.49. The molecular weight excluding hydrogens is 262 g/mol. The number of pyridine rings is 1. The zero-order valence-electron chi connectivity index (χ0n) is 13.3. The molecule has 0 aliphatic rings. The molecule has 0 radical (unpaired) electrons. The highest BCUT2D eigenvalue weighted by molar-refractivity contribution is 5.43. The summed E-state index contributed by atoms with van der Waals surface area (Å²) in [5.41, 5.74) is 2.97. The number of aliphatic hydroxyl groups is 1. The Hall–Kier alpha value is -1.87. The van der Waals surface area contributed by atoms with Crippen molar-refractivity contribution in [2.45, 2.75) is 46.1 Å². The molecule has 1 aromatic heterocycles. The molecule has 0 amide bonds. The molecule has 1 N–H and O–H groups in total. The summed E-state index contributed by atoms with van der Waals surface area (Å²) in [5.74, 6) is 1.53. The van der Waals surface area contributed by atoms with Crippen LogP contribution in [-0.2, 0) is 5.41 Å². The molecule has 0 aliphatic carbocycles. The molecule has 1 atom stereocenters. The van der Waals surface area contributed by atoms with Crippen LogP contribution in [0.4, 0.5) is 0 Å². The van der Waals surface area contributed by atoms with Crippen LogP contribution in [0.3, 0.4) is 0 Å². The predicted molar refractivity (Wildman–Crippen MR) is 84.8 cm³/mol. The SMILES string of the molecule is Cc1ccc(C(C)(C)C)c(Oc2ccc([C@@H](C)O)nc2)c1. The quantitative estimate of drug-likeness (QED) is 0.900. The van der Waals surface area contributed by atoms with Crippen molar-refractivity contribution in [1.82, 2.24) is 4.98 Å². The summed E-state index contributed by atoms with van der Waals surface area (Å²) in [6.07, 6.45) is 1.08. The van der Waals surface area contributed by atoms with Crippen molar-refractivity contribution < 1.29 is 9.84 Å². The van der Waals surface area contributed by atoms with E-state index in [1.807, 2.05) is 19.1 Å². The largest absolute Gasteiger partial charge is 0.455 e. The number of rotatable bonds is 3. The minimum Gasteiger partial charge on any atom is -0.455 e. The van der Waals surface area contributed by atoms with Gasteiger partial charge in [-0.05, 0) is 43.0 Å². The fraction of sp³-hybridized carbons (Fsp3) is 0.389. The third-order valence-electron chi connectivity index (χ3n) is 3.36. The molecule has 0 aliphatic heterocycles. The van der Waals surface area contributed by atoms with Crippen molar-refractivity contribution in [1.29, 1.82) is 0 Å². The number of aliphatic hydroxyl groups excluding tert-OH is 1. The fourth-order valence-electron chi connectivity index (χ4n) is 2.16. The first-order valence-electron chi connectivity index (χ1n) is 7.20. The lowest BCUT2D eigenvalue weighted by atomic mass is 9.86. The normalized spacial score (nSPS) is 13.0. The second-order valence-corrected chi connectivity index (χ2v) is 6.45. The van der Waals surface area contributed by atoms with Crippen LogP contribution in [-0.4, -0.2) is 10.1 Å². The summed E-state index contributed by atoms with van der Waals surface area (Å²) in [6, 6.07) is 9.88. The van der Waals surface area contributed by atoms with Crippen LogP contribution in [0.1, 0.15) is 50.6 Å². The van der Waals surface area contributed by atoms with Crippen molar-refractivity contribution >= 4 is 0 Å². The molecule has 0 fully saturated rings. The van der Waals surface area contributed by atoms with Crippen molar-refractivity contribution in [2.75, 3.05) is 0 Å². The van der Waals surface area contributed by atoms with Crippen molar-refractivity contribution in [3.05, 3.63) is 53.3 Å². The van der Waals surface area contributed by atoms with Crippen LogP contribution in [0.5, 0.6) is 11.5 Å². The third-order valence-corrected chi connectivity index (χ3v) is 3.36. The van der Waals surface area contributed by atoms with Crippen molar-refractivity contribution in [2.24, 2.45) is 0 Å². The van der Waals surface area contributed by atoms with Gasteiger partial charge in [-0.2, -0.15) is 0 Å². The van der Waals surface area contributed by atoms with Gasteiger partial charge in [-0.25, -0.2) is 0 Å². The molecule has 3 heteroatoms. The van der Waals surface area contributed by atoms with E-state index in [0.717, 1.165) is 16.9 Å². The number of aryl methyl sites for hydroxylation is 1. The van der Waals surface area contributed by atoms with E-state index in [1.165, 1.54) is 0 Å². The standard InChI is InChI=1S/C18H23NO2/c1-12-6-8-15(18(3,4)5)17(10-12)21-14-7-9-16(13(2)20)19-11-14/h6-11,13,20H,1-5H3/t13-/m1/s1. The van der Waals surface area contributed by atoms with Crippen LogP contribution < -0.4 is 4.74 Å². The molecule has 0 spiro atoms. The van der Waals surface area contributed by atoms with E-state index in [2.05, 4.69) is 37.9 Å². The van der Waals surface area contributed by atoms with Gasteiger partial charge < -0.3 is 9.84 Å². The molecule has 2 aromatic rings. The molecule has 21 heavy (non-hydrogen) atoms. The summed E-state index contributed by atoms with van der Waals surface area (Å²) >= 11 is 0. The van der Waals surface area contributed by atoms with Gasteiger partial charge in [0.25, 0.3) is 0 Å². The summed E-state index contributed by atoms with van der Waals surface area (Å²) < 4.78 is 6.01. The van der Waals surface area contributed by atoms with Gasteiger partial charge in [0.05, 0.1) is 18.0 Å². The highest BCUT2D eigenvalue weighted by Crippen LogP contribution is 2.34. The van der Waals surface area contributed by atoms with E-state index in [4.69, 9.17) is 4.74 Å². The monoisotopic (exact) mass is 285 g/mol. The van der Waals surface area contributed by atoms with Crippen LogP contribution >= 0.6 is 0 Å². The Kier molecular flexibility index (Phi) is 4.33. The first-order chi connectivity index (χ1) is 9.77. The molecule has 1 aromatic carbocycles. The van der Waals surface area contributed by atoms with E-state index in [1.54, 1.807) is 19.2 Å². The number of aromatic nitrogens is 1. The maximum absolute atomic E-state index is 9.49. The Morgan fingerprint density at radius 2 is 1.86 bits per heavy atom. The smallest absolute Gasteiger partial charge is 0.145 e. The lowest BCUT2D eigenvalue weighted by molar-refractivity contribution is 0.194. The summed E-state index contributed by atoms with van der Waals surface area (Å²) in [7, 11) is 0. The fourth-order valence-corrected chi connectivity index (χ4v) is 2.16. The van der Waals surface area contributed by atoms with Crippen LogP contribution in [0.2, 0.25) is 0 Å². The maximum Gasteiger partial charge on any atom is 0.145 e. The molecule has 0 saturated heterocycles. The first kappa shape index (κ1) is 15.5. The Morgan fingerprint density at radius 1 is 1.14 bits per heavy atom. The average molecular weight is 285 g/mol. The zero-order valence-corrected chi connectivity index (χ0v) is 13.3. The van der Waals surface area contributed by atoms with Crippen LogP contribution in [0.25, 0.3) is 0 Å². The van der Waals surface area contributed by atoms with Gasteiger partial charge in [0, 0.05) is 5.56 Å². The number of nitrogens with zero attached hydrogens (tertiary/aromatic N) is 1. The van der Waals surface area contributed by atoms with Gasteiger partial charge in [-0.3, -0.25) is 4.98 Å². The lowest BCUT2D eigenvalue weighted by Gasteiger charge is -2.23. The third kappa shape index (κ3) is 3.82. The second-order valence-electron chi connectivity index (χ2n) is 6.45. The Morgan fingerprint density at radius 3 is 2.38 bits per heavy atom. The number of hydrogen-bond acceptors (Lipinski definition) is 3. The van der Waals surface area contributed by atoms with Crippen LogP contribution in [0.15, 0.2) is 36.5 Å². The zero-order chi connectivity index (χ0) is 15.6. The molecular formula is C18H23NO2. The first-order valence-corrected chi connectivity index (χ1v) is 7.20. The molecule has 3 nitrogen and oxygen atoms in total. The van der Waals surface area contributed by atoms with Gasteiger partial charge in [0.15, 0.2) is 0 Å². The highest BCUT2D eigenvalue weighted by atomic mass is 16.5. The topological polar surface area (TPSA) is 42.4 Å². The van der Waals surface area contributed by atoms with E-state index in [0.29, 0.717) is 11.4 Å². The highest BCUT2D eigenvalue weighted by Gasteiger charge is 2.19. The second kappa shape index (κ2) is 5.86. The minimum atomic E-state index is -0.567. The van der Waals surface area contributed by atoms with E-state index < -0.39 is 6.10 Å². The molecule has 0 bridgehead atoms. The van der Waals surface area contributed by atoms with E-state index >= 15 is 0 Å². The number of hydrogen-bond donors (Lipinski definition) is 1. The number of benzene rings is 1. The molecule has 0 unspecified atom stereocenters. The molecule has 112 valence electrons. The van der Waals surface area contributed by atoms with Crippen LogP contribution in [0, 0.1) is 6.92 Å². The van der Waals surface area contributed by atoms with Gasteiger partial charge in [0.1, 0.15) is 11.5 Å². The van der Waals surface area contributed by atoms with Gasteiger partial charge in [-0.1, -0.05) is 32.9 Å². The van der Waals surface area contributed by atoms with E-state index in [-0.39, 0.29) is 5.41 Å². The summed E-state index contributed by atoms with van der Waals surface area (Å²) in [6.45, 7) is 10.2. The molecule has 2 rings (SSSR count). The predicted octanol–water partition coefficient (Wildman–Crippen LogP) is 4.53. The number of ether oxygens (including phenoxy) is 1. The summed E-state index contributed by atoms with van der Waals surface area (Å²) in [5, 5.41) is 9.49. The Labute approximate surface area is 126 Å². The summed E-state index contributed by atoms with van der Waals surface area (Å²) in [4.78, 5) is 4.21. The van der Waals surface area contributed by atoms with Gasteiger partial charge in [-0.15, -0.1) is 0 Å².